The van der Waals surface area contributed by atoms with Gasteiger partial charge in [-0.05, 0) is 13.8 Å². The number of anilines is 1. The molecule has 2 fully saturated rings. The van der Waals surface area contributed by atoms with Crippen molar-refractivity contribution in [3.8, 4) is 0 Å². The Labute approximate surface area is 119 Å². The minimum atomic E-state index is -0.842. The van der Waals surface area contributed by atoms with Crippen molar-refractivity contribution in [3.05, 3.63) is 22.5 Å². The summed E-state index contributed by atoms with van der Waals surface area (Å²) in [5.41, 5.74) is 4.55. The Bertz CT molecular complexity index is 595. The van der Waals surface area contributed by atoms with Crippen molar-refractivity contribution >= 4 is 5.82 Å². The molecule has 0 radical (unpaired) electrons. The molecule has 9 heteroatoms. The molecule has 2 aliphatic heterocycles. The molecule has 0 saturated carbocycles. The number of halogens is 1. The zero-order valence-corrected chi connectivity index (χ0v) is 11.6. The lowest BCUT2D eigenvalue weighted by Gasteiger charge is -2.20. The third-order valence-electron chi connectivity index (χ3n) is 3.47. The minimum Gasteiger partial charge on any atom is -0.381 e. The van der Waals surface area contributed by atoms with Gasteiger partial charge in [-0.3, -0.25) is 4.57 Å². The maximum atomic E-state index is 13.6. The third-order valence-corrected chi connectivity index (χ3v) is 3.47. The van der Waals surface area contributed by atoms with Crippen molar-refractivity contribution in [1.82, 2.24) is 9.55 Å². The summed E-state index contributed by atoms with van der Waals surface area (Å²) >= 11 is 0. The van der Waals surface area contributed by atoms with Crippen LogP contribution in [0.5, 0.6) is 0 Å². The normalized spacial score (nSPS) is 35.1. The highest BCUT2D eigenvalue weighted by Gasteiger charge is 2.52. The molecule has 2 N–H and O–H groups in total. The molecule has 3 rings (SSSR count). The van der Waals surface area contributed by atoms with Crippen LogP contribution in [0.1, 0.15) is 20.1 Å². The van der Waals surface area contributed by atoms with Crippen molar-refractivity contribution in [2.75, 3.05) is 12.3 Å². The van der Waals surface area contributed by atoms with E-state index in [0.29, 0.717) is 6.61 Å². The molecule has 116 valence electrons. The van der Waals surface area contributed by atoms with E-state index < -0.39 is 42.2 Å². The zero-order chi connectivity index (χ0) is 15.1. The van der Waals surface area contributed by atoms with Crippen LogP contribution in [0, 0.1) is 5.82 Å². The molecule has 0 spiro atoms. The van der Waals surface area contributed by atoms with Crippen LogP contribution in [0.25, 0.3) is 0 Å². The lowest BCUT2D eigenvalue weighted by atomic mass is 10.1. The Morgan fingerprint density at radius 3 is 2.86 bits per heavy atom. The van der Waals surface area contributed by atoms with E-state index in [1.807, 2.05) is 6.92 Å². The molecule has 0 aliphatic carbocycles. The molecule has 0 bridgehead atoms. The molecule has 0 aromatic carbocycles. The Morgan fingerprint density at radius 2 is 2.14 bits per heavy atom. The van der Waals surface area contributed by atoms with E-state index in [2.05, 4.69) is 4.98 Å². The van der Waals surface area contributed by atoms with Gasteiger partial charge in [0.15, 0.2) is 17.9 Å². The van der Waals surface area contributed by atoms with Crippen LogP contribution >= 0.6 is 0 Å². The van der Waals surface area contributed by atoms with E-state index in [4.69, 9.17) is 24.7 Å². The predicted molar refractivity (Wildman–Crippen MR) is 67.6 cm³/mol. The number of nitrogen functional groups attached to an aromatic ring is 1. The Hall–Kier alpha value is -1.55. The van der Waals surface area contributed by atoms with E-state index >= 15 is 0 Å². The summed E-state index contributed by atoms with van der Waals surface area (Å²) in [4.78, 5) is 15.3. The molecule has 1 unspecified atom stereocenters. The van der Waals surface area contributed by atoms with Crippen LogP contribution < -0.4 is 11.4 Å². The van der Waals surface area contributed by atoms with Crippen molar-refractivity contribution in [1.29, 1.82) is 0 Å². The maximum Gasteiger partial charge on any atom is 0.351 e. The van der Waals surface area contributed by atoms with E-state index in [-0.39, 0.29) is 6.10 Å². The lowest BCUT2D eigenvalue weighted by molar-refractivity contribution is -0.264. The van der Waals surface area contributed by atoms with Crippen LogP contribution in [0.3, 0.4) is 0 Å². The largest absolute Gasteiger partial charge is 0.381 e. The number of aromatic nitrogens is 2. The lowest BCUT2D eigenvalue weighted by Crippen LogP contribution is -2.35. The van der Waals surface area contributed by atoms with Gasteiger partial charge in [0.05, 0.1) is 12.3 Å². The van der Waals surface area contributed by atoms with Crippen LogP contribution in [0.4, 0.5) is 10.2 Å². The van der Waals surface area contributed by atoms with Gasteiger partial charge < -0.3 is 24.7 Å². The monoisotopic (exact) mass is 301 g/mol. The summed E-state index contributed by atoms with van der Waals surface area (Å²) in [7, 11) is 0. The topological polar surface area (TPSA) is 97.8 Å². The van der Waals surface area contributed by atoms with Crippen LogP contribution in [-0.2, 0) is 18.9 Å². The van der Waals surface area contributed by atoms with Crippen molar-refractivity contribution in [3.63, 3.8) is 0 Å². The highest BCUT2D eigenvalue weighted by Crippen LogP contribution is 2.38. The standard InChI is InChI=1S/C12H16FN3O5/c1-3-18-12-20-7-5(2)19-10(8(7)21-12)16-4-6(13)9(14)15-11(16)17/h4-5,7-8,10,12H,3H2,1-2H3,(H2,14,15,17)/t5-,7-,8-,10-,12?/m1/s1. The number of fused-ring (bicyclic) bond motifs is 1. The van der Waals surface area contributed by atoms with Crippen molar-refractivity contribution in [2.45, 2.75) is 44.9 Å². The second-order valence-corrected chi connectivity index (χ2v) is 4.84. The fourth-order valence-corrected chi connectivity index (χ4v) is 2.50. The second kappa shape index (κ2) is 5.34. The van der Waals surface area contributed by atoms with E-state index in [9.17, 15) is 9.18 Å². The molecular weight excluding hydrogens is 285 g/mol. The molecule has 2 saturated heterocycles. The van der Waals surface area contributed by atoms with Crippen LogP contribution in [-0.4, -0.2) is 40.9 Å². The second-order valence-electron chi connectivity index (χ2n) is 4.84. The van der Waals surface area contributed by atoms with E-state index in [1.165, 1.54) is 0 Å². The average molecular weight is 301 g/mol. The molecule has 2 aliphatic rings. The van der Waals surface area contributed by atoms with Gasteiger partial charge in [-0.25, -0.2) is 9.18 Å². The number of hydrogen-bond donors (Lipinski definition) is 1. The number of nitrogens with two attached hydrogens (primary N) is 1. The smallest absolute Gasteiger partial charge is 0.351 e. The fourth-order valence-electron chi connectivity index (χ4n) is 2.50. The molecule has 1 aromatic heterocycles. The Balaban J connectivity index is 1.90. The van der Waals surface area contributed by atoms with Crippen molar-refractivity contribution in [2.24, 2.45) is 0 Å². The summed E-state index contributed by atoms with van der Waals surface area (Å²) in [5.74, 6) is -1.25. The SMILES string of the molecule is CCOC1O[C@@H]2[C@H](O1)[C@@H](C)O[C@H]2n1cc(F)c(N)nc1=O. The third kappa shape index (κ3) is 2.42. The van der Waals surface area contributed by atoms with Crippen molar-refractivity contribution < 1.29 is 23.3 Å². The number of hydrogen-bond acceptors (Lipinski definition) is 7. The first-order valence-electron chi connectivity index (χ1n) is 6.63. The van der Waals surface area contributed by atoms with Crippen LogP contribution in [0.15, 0.2) is 11.0 Å². The highest BCUT2D eigenvalue weighted by molar-refractivity contribution is 5.26. The fraction of sp³-hybridized carbons (Fsp3) is 0.667. The number of ether oxygens (including phenoxy) is 4. The molecule has 5 atom stereocenters. The van der Waals surface area contributed by atoms with Crippen LogP contribution in [0.2, 0.25) is 0 Å². The van der Waals surface area contributed by atoms with Gasteiger partial charge in [0.1, 0.15) is 12.2 Å². The summed E-state index contributed by atoms with van der Waals surface area (Å²) < 4.78 is 36.6. The highest BCUT2D eigenvalue weighted by atomic mass is 19.1. The van der Waals surface area contributed by atoms with Gasteiger partial charge in [-0.2, -0.15) is 4.98 Å². The molecular formula is C12H16FN3O5. The minimum absolute atomic E-state index is 0.335. The summed E-state index contributed by atoms with van der Waals surface area (Å²) in [5, 5.41) is 0. The molecule has 8 nitrogen and oxygen atoms in total. The molecule has 1 aromatic rings. The predicted octanol–water partition coefficient (Wildman–Crippen LogP) is -0.0140. The first kappa shape index (κ1) is 14.4. The van der Waals surface area contributed by atoms with Gasteiger partial charge in [-0.15, -0.1) is 0 Å². The van der Waals surface area contributed by atoms with Gasteiger partial charge in [-0.1, -0.05) is 0 Å². The number of nitrogens with zero attached hydrogens (tertiary/aromatic N) is 2. The first-order chi connectivity index (χ1) is 10.0. The Kier molecular flexibility index (Phi) is 3.66. The quantitative estimate of drug-likeness (QED) is 0.838. The maximum absolute atomic E-state index is 13.6. The molecule has 0 amide bonds. The summed E-state index contributed by atoms with van der Waals surface area (Å²) in [6, 6.07) is 0. The van der Waals surface area contributed by atoms with E-state index in [0.717, 1.165) is 10.8 Å². The number of rotatable bonds is 3. The molecule has 21 heavy (non-hydrogen) atoms. The molecule has 3 heterocycles. The summed E-state index contributed by atoms with van der Waals surface area (Å²) in [6.45, 7) is 3.19. The van der Waals surface area contributed by atoms with Gasteiger partial charge in [0.25, 0.3) is 6.48 Å². The average Bonchev–Trinajstić information content (AvgIpc) is 2.96. The van der Waals surface area contributed by atoms with E-state index in [1.54, 1.807) is 6.92 Å². The first-order valence-corrected chi connectivity index (χ1v) is 6.63. The summed E-state index contributed by atoms with van der Waals surface area (Å²) in [6.07, 6.45) is -1.21. The Morgan fingerprint density at radius 1 is 1.43 bits per heavy atom. The zero-order valence-electron chi connectivity index (χ0n) is 11.6. The van der Waals surface area contributed by atoms with Gasteiger partial charge in [0.2, 0.25) is 0 Å². The van der Waals surface area contributed by atoms with Gasteiger partial charge >= 0.3 is 5.69 Å². The van der Waals surface area contributed by atoms with Gasteiger partial charge in [0, 0.05) is 6.61 Å².